The van der Waals surface area contributed by atoms with Gasteiger partial charge >= 0.3 is 0 Å². The van der Waals surface area contributed by atoms with Gasteiger partial charge in [0, 0.05) is 32.2 Å². The highest BCUT2D eigenvalue weighted by Crippen LogP contribution is 2.24. The Labute approximate surface area is 87.0 Å². The highest BCUT2D eigenvalue weighted by molar-refractivity contribution is 4.87. The fourth-order valence-electron chi connectivity index (χ4n) is 2.61. The fraction of sp³-hybridized carbons (Fsp3) is 1.00. The molecule has 3 nitrogen and oxygen atoms in total. The topological polar surface area (TPSA) is 15.7 Å². The molecule has 82 valence electrons. The fourth-order valence-corrected chi connectivity index (χ4v) is 2.61. The molecule has 0 aromatic heterocycles. The molecule has 2 rings (SSSR count). The van der Waals surface area contributed by atoms with Crippen LogP contribution in [-0.4, -0.2) is 62.8 Å². The van der Waals surface area contributed by atoms with Crippen molar-refractivity contribution in [2.75, 3.05) is 46.9 Å². The Morgan fingerprint density at radius 1 is 1.21 bits per heavy atom. The summed E-state index contributed by atoms with van der Waals surface area (Å²) in [5.74, 6) is 0.805. The lowest BCUT2D eigenvalue weighted by Crippen LogP contribution is -2.55. The van der Waals surface area contributed by atoms with Crippen LogP contribution < -0.4 is 0 Å². The number of ether oxygens (including phenoxy) is 1. The maximum Gasteiger partial charge on any atom is 0.0515 e. The zero-order chi connectivity index (χ0) is 9.97. The number of piperidine rings is 1. The van der Waals surface area contributed by atoms with Crippen LogP contribution in [0.5, 0.6) is 0 Å². The number of methoxy groups -OCH3 is 1. The molecular formula is C11H22N2O. The Morgan fingerprint density at radius 2 is 1.86 bits per heavy atom. The third-order valence-electron chi connectivity index (χ3n) is 3.59. The summed E-state index contributed by atoms with van der Waals surface area (Å²) in [6, 6.07) is 0.860. The molecule has 0 radical (unpaired) electrons. The molecule has 0 aromatic carbocycles. The molecule has 0 atom stereocenters. The molecule has 0 amide bonds. The van der Waals surface area contributed by atoms with E-state index in [1.165, 1.54) is 39.0 Å². The average molecular weight is 198 g/mol. The summed E-state index contributed by atoms with van der Waals surface area (Å²) >= 11 is 0. The first kappa shape index (κ1) is 10.4. The molecule has 0 aliphatic carbocycles. The van der Waals surface area contributed by atoms with E-state index in [2.05, 4.69) is 16.8 Å². The Bertz CT molecular complexity index is 172. The van der Waals surface area contributed by atoms with E-state index in [9.17, 15) is 0 Å². The van der Waals surface area contributed by atoms with E-state index in [0.717, 1.165) is 18.6 Å². The summed E-state index contributed by atoms with van der Waals surface area (Å²) in [6.07, 6.45) is 2.71. The first-order chi connectivity index (χ1) is 6.79. The van der Waals surface area contributed by atoms with Crippen LogP contribution in [-0.2, 0) is 4.74 Å². The second-order valence-corrected chi connectivity index (χ2v) is 4.81. The van der Waals surface area contributed by atoms with E-state index in [-0.39, 0.29) is 0 Å². The lowest BCUT2D eigenvalue weighted by Gasteiger charge is -2.46. The van der Waals surface area contributed by atoms with Crippen LogP contribution in [0.1, 0.15) is 12.8 Å². The molecule has 2 heterocycles. The number of nitrogens with zero attached hydrogens (tertiary/aromatic N) is 2. The lowest BCUT2D eigenvalue weighted by molar-refractivity contribution is -0.0109. The van der Waals surface area contributed by atoms with Gasteiger partial charge in [-0.15, -0.1) is 0 Å². The second kappa shape index (κ2) is 4.60. The van der Waals surface area contributed by atoms with E-state index in [1.54, 1.807) is 7.11 Å². The van der Waals surface area contributed by atoms with Crippen LogP contribution >= 0.6 is 0 Å². The molecule has 2 aliphatic rings. The quantitative estimate of drug-likeness (QED) is 0.662. The lowest BCUT2D eigenvalue weighted by atomic mass is 9.94. The van der Waals surface area contributed by atoms with Crippen molar-refractivity contribution in [1.82, 2.24) is 9.80 Å². The predicted molar refractivity (Wildman–Crippen MR) is 57.5 cm³/mol. The molecule has 0 saturated carbocycles. The molecular weight excluding hydrogens is 176 g/mol. The van der Waals surface area contributed by atoms with E-state index in [0.29, 0.717) is 0 Å². The number of hydrogen-bond donors (Lipinski definition) is 0. The maximum atomic E-state index is 5.16. The van der Waals surface area contributed by atoms with Crippen LogP contribution in [0.15, 0.2) is 0 Å². The van der Waals surface area contributed by atoms with Gasteiger partial charge < -0.3 is 9.64 Å². The van der Waals surface area contributed by atoms with Gasteiger partial charge in [0.15, 0.2) is 0 Å². The first-order valence-electron chi connectivity index (χ1n) is 5.71. The Kier molecular flexibility index (Phi) is 3.42. The van der Waals surface area contributed by atoms with Crippen molar-refractivity contribution in [2.45, 2.75) is 18.9 Å². The predicted octanol–water partition coefficient (Wildman–Crippen LogP) is 0.659. The standard InChI is InChI=1S/C11H22N2O/c1-12-5-3-11(4-6-12)13-7-10(8-13)9-14-2/h10-11H,3-9H2,1-2H3. The van der Waals surface area contributed by atoms with Crippen LogP contribution in [0.2, 0.25) is 0 Å². The zero-order valence-corrected chi connectivity index (χ0v) is 9.41. The summed E-state index contributed by atoms with van der Waals surface area (Å²) < 4.78 is 5.16. The molecule has 0 bridgehead atoms. The van der Waals surface area contributed by atoms with Gasteiger partial charge in [-0.3, -0.25) is 4.90 Å². The van der Waals surface area contributed by atoms with Gasteiger partial charge in [0.05, 0.1) is 6.61 Å². The average Bonchev–Trinajstić information content (AvgIpc) is 2.13. The van der Waals surface area contributed by atoms with Crippen LogP contribution in [0.4, 0.5) is 0 Å². The molecule has 0 unspecified atom stereocenters. The van der Waals surface area contributed by atoms with Crippen molar-refractivity contribution < 1.29 is 4.74 Å². The summed E-state index contributed by atoms with van der Waals surface area (Å²) in [5.41, 5.74) is 0. The molecule has 0 aromatic rings. The third-order valence-corrected chi connectivity index (χ3v) is 3.59. The number of hydrogen-bond acceptors (Lipinski definition) is 3. The molecule has 3 heteroatoms. The Hall–Kier alpha value is -0.120. The molecule has 14 heavy (non-hydrogen) atoms. The first-order valence-corrected chi connectivity index (χ1v) is 5.71. The van der Waals surface area contributed by atoms with Gasteiger partial charge in [-0.2, -0.15) is 0 Å². The normalized spacial score (nSPS) is 27.9. The van der Waals surface area contributed by atoms with Crippen molar-refractivity contribution >= 4 is 0 Å². The Balaban J connectivity index is 1.67. The van der Waals surface area contributed by atoms with E-state index in [4.69, 9.17) is 4.74 Å². The summed E-state index contributed by atoms with van der Waals surface area (Å²) in [5, 5.41) is 0. The van der Waals surface area contributed by atoms with Gasteiger partial charge in [0.2, 0.25) is 0 Å². The minimum absolute atomic E-state index is 0.805. The minimum atomic E-state index is 0.805. The maximum absolute atomic E-state index is 5.16. The summed E-state index contributed by atoms with van der Waals surface area (Å²) in [7, 11) is 4.03. The van der Waals surface area contributed by atoms with Crippen molar-refractivity contribution in [3.05, 3.63) is 0 Å². The third kappa shape index (κ3) is 2.27. The Morgan fingerprint density at radius 3 is 2.43 bits per heavy atom. The van der Waals surface area contributed by atoms with Gasteiger partial charge in [0.1, 0.15) is 0 Å². The molecule has 0 N–H and O–H groups in total. The van der Waals surface area contributed by atoms with Gasteiger partial charge in [-0.05, 0) is 33.0 Å². The SMILES string of the molecule is COCC1CN(C2CCN(C)CC2)C1. The van der Waals surface area contributed by atoms with E-state index >= 15 is 0 Å². The molecule has 2 saturated heterocycles. The highest BCUT2D eigenvalue weighted by Gasteiger charge is 2.33. The van der Waals surface area contributed by atoms with Crippen molar-refractivity contribution in [3.63, 3.8) is 0 Å². The number of rotatable bonds is 3. The van der Waals surface area contributed by atoms with Gasteiger partial charge in [-0.25, -0.2) is 0 Å². The summed E-state index contributed by atoms with van der Waals surface area (Å²) in [6.45, 7) is 6.03. The largest absolute Gasteiger partial charge is 0.384 e. The molecule has 0 spiro atoms. The number of likely N-dealkylation sites (tertiary alicyclic amines) is 2. The van der Waals surface area contributed by atoms with E-state index in [1.807, 2.05) is 0 Å². The smallest absolute Gasteiger partial charge is 0.0515 e. The van der Waals surface area contributed by atoms with E-state index < -0.39 is 0 Å². The highest BCUT2D eigenvalue weighted by atomic mass is 16.5. The minimum Gasteiger partial charge on any atom is -0.384 e. The van der Waals surface area contributed by atoms with Crippen molar-refractivity contribution in [3.8, 4) is 0 Å². The van der Waals surface area contributed by atoms with Crippen LogP contribution in [0.3, 0.4) is 0 Å². The van der Waals surface area contributed by atoms with Gasteiger partial charge in [0.25, 0.3) is 0 Å². The monoisotopic (exact) mass is 198 g/mol. The van der Waals surface area contributed by atoms with Crippen molar-refractivity contribution in [1.29, 1.82) is 0 Å². The van der Waals surface area contributed by atoms with Crippen molar-refractivity contribution in [2.24, 2.45) is 5.92 Å². The summed E-state index contributed by atoms with van der Waals surface area (Å²) in [4.78, 5) is 5.07. The van der Waals surface area contributed by atoms with Crippen LogP contribution in [0, 0.1) is 5.92 Å². The second-order valence-electron chi connectivity index (χ2n) is 4.81. The van der Waals surface area contributed by atoms with Crippen LogP contribution in [0.25, 0.3) is 0 Å². The zero-order valence-electron chi connectivity index (χ0n) is 9.41. The van der Waals surface area contributed by atoms with Gasteiger partial charge in [-0.1, -0.05) is 0 Å². The molecule has 2 fully saturated rings. The molecule has 2 aliphatic heterocycles.